The van der Waals surface area contributed by atoms with E-state index in [-0.39, 0.29) is 0 Å². The van der Waals surface area contributed by atoms with Crippen molar-refractivity contribution in [3.05, 3.63) is 41.7 Å². The van der Waals surface area contributed by atoms with Crippen LogP contribution >= 0.6 is 0 Å². The number of benzene rings is 1. The Labute approximate surface area is 109 Å². The van der Waals surface area contributed by atoms with Gasteiger partial charge in [-0.3, -0.25) is 0 Å². The molecule has 1 aliphatic rings. The molecular formula is C13H14O6. The number of hydrogen-bond donors (Lipinski definition) is 4. The van der Waals surface area contributed by atoms with Gasteiger partial charge in [-0.1, -0.05) is 30.3 Å². The second-order valence-corrected chi connectivity index (χ2v) is 4.26. The minimum atomic E-state index is -1.81. The number of carbonyl (C=O) groups excluding carboxylic acids is 1. The molecule has 0 bridgehead atoms. The van der Waals surface area contributed by atoms with Gasteiger partial charge in [0.05, 0.1) is 0 Å². The Morgan fingerprint density at radius 1 is 1.11 bits per heavy atom. The van der Waals surface area contributed by atoms with Gasteiger partial charge in [0.15, 0.2) is 12.2 Å². The predicted octanol–water partition coefficient (Wildman–Crippen LogP) is -0.406. The SMILES string of the molecule is O=C1O[C@H](C(O)=Cc2ccccc2)[C@@H](O)[C@H](O)[C@H]1O. The second-order valence-electron chi connectivity index (χ2n) is 4.26. The number of esters is 1. The first kappa shape index (κ1) is 13.5. The summed E-state index contributed by atoms with van der Waals surface area (Å²) in [6, 6.07) is 8.71. The molecule has 0 radical (unpaired) electrons. The molecule has 1 aromatic carbocycles. The lowest BCUT2D eigenvalue weighted by molar-refractivity contribution is -0.200. The summed E-state index contributed by atoms with van der Waals surface area (Å²) in [4.78, 5) is 11.2. The number of hydrogen-bond acceptors (Lipinski definition) is 6. The summed E-state index contributed by atoms with van der Waals surface area (Å²) in [6.45, 7) is 0. The van der Waals surface area contributed by atoms with Crippen molar-refractivity contribution in [2.24, 2.45) is 0 Å². The fourth-order valence-electron chi connectivity index (χ4n) is 1.81. The van der Waals surface area contributed by atoms with Crippen molar-refractivity contribution >= 4 is 12.0 Å². The molecule has 2 rings (SSSR count). The summed E-state index contributed by atoms with van der Waals surface area (Å²) in [5.41, 5.74) is 0.642. The van der Waals surface area contributed by atoms with E-state index >= 15 is 0 Å². The van der Waals surface area contributed by atoms with E-state index in [9.17, 15) is 25.2 Å². The molecule has 4 atom stereocenters. The first-order valence-electron chi connectivity index (χ1n) is 5.71. The van der Waals surface area contributed by atoms with Gasteiger partial charge in [0, 0.05) is 0 Å². The minimum absolute atomic E-state index is 0.405. The maximum absolute atomic E-state index is 11.2. The zero-order chi connectivity index (χ0) is 14.0. The van der Waals surface area contributed by atoms with Gasteiger partial charge >= 0.3 is 5.97 Å². The summed E-state index contributed by atoms with van der Waals surface area (Å²) in [5.74, 6) is -1.49. The van der Waals surface area contributed by atoms with E-state index < -0.39 is 36.1 Å². The highest BCUT2D eigenvalue weighted by molar-refractivity contribution is 5.77. The predicted molar refractivity (Wildman–Crippen MR) is 64.9 cm³/mol. The van der Waals surface area contributed by atoms with Crippen molar-refractivity contribution in [1.82, 2.24) is 0 Å². The first-order valence-corrected chi connectivity index (χ1v) is 5.71. The molecule has 1 heterocycles. The maximum Gasteiger partial charge on any atom is 0.338 e. The fraction of sp³-hybridized carbons (Fsp3) is 0.308. The van der Waals surface area contributed by atoms with Gasteiger partial charge in [-0.05, 0) is 11.6 Å². The van der Waals surface area contributed by atoms with Crippen LogP contribution in [0, 0.1) is 0 Å². The molecule has 6 heteroatoms. The molecule has 4 N–H and O–H groups in total. The average molecular weight is 266 g/mol. The third-order valence-electron chi connectivity index (χ3n) is 2.87. The van der Waals surface area contributed by atoms with Crippen molar-refractivity contribution in [3.8, 4) is 0 Å². The molecule has 0 amide bonds. The van der Waals surface area contributed by atoms with Gasteiger partial charge in [-0.25, -0.2) is 4.79 Å². The molecule has 0 saturated carbocycles. The Kier molecular flexibility index (Phi) is 3.84. The summed E-state index contributed by atoms with van der Waals surface area (Å²) in [7, 11) is 0. The van der Waals surface area contributed by atoms with Crippen LogP contribution in [0.3, 0.4) is 0 Å². The zero-order valence-corrected chi connectivity index (χ0v) is 9.88. The van der Waals surface area contributed by atoms with Crippen molar-refractivity contribution in [2.45, 2.75) is 24.4 Å². The van der Waals surface area contributed by atoms with E-state index in [1.807, 2.05) is 0 Å². The van der Waals surface area contributed by atoms with Crippen LogP contribution in [0.1, 0.15) is 5.56 Å². The number of ether oxygens (including phenoxy) is 1. The first-order chi connectivity index (χ1) is 9.00. The van der Waals surface area contributed by atoms with Crippen LogP contribution in [0.4, 0.5) is 0 Å². The molecule has 0 aliphatic carbocycles. The average Bonchev–Trinajstić information content (AvgIpc) is 2.41. The lowest BCUT2D eigenvalue weighted by Gasteiger charge is -2.33. The molecule has 1 saturated heterocycles. The topological polar surface area (TPSA) is 107 Å². The minimum Gasteiger partial charge on any atom is -0.508 e. The van der Waals surface area contributed by atoms with Crippen LogP contribution in [-0.4, -0.2) is 50.8 Å². The quantitative estimate of drug-likeness (QED) is 0.428. The maximum atomic E-state index is 11.2. The standard InChI is InChI=1S/C13H14O6/c14-8(6-7-4-2-1-3-5-7)12-10(16)9(15)11(17)13(18)19-12/h1-6,9-12,14-17H/t9-,10-,11+,12+/m0/s1. The summed E-state index contributed by atoms with van der Waals surface area (Å²) >= 11 is 0. The Morgan fingerprint density at radius 2 is 1.74 bits per heavy atom. The largest absolute Gasteiger partial charge is 0.508 e. The molecule has 19 heavy (non-hydrogen) atoms. The van der Waals surface area contributed by atoms with E-state index in [4.69, 9.17) is 4.74 Å². The van der Waals surface area contributed by atoms with Crippen LogP contribution in [0.15, 0.2) is 36.1 Å². The van der Waals surface area contributed by atoms with Gasteiger partial charge in [0.2, 0.25) is 0 Å². The van der Waals surface area contributed by atoms with Crippen molar-refractivity contribution < 1.29 is 30.0 Å². The van der Waals surface area contributed by atoms with Gasteiger partial charge in [-0.2, -0.15) is 0 Å². The molecule has 1 aromatic rings. The van der Waals surface area contributed by atoms with Crippen LogP contribution in [-0.2, 0) is 9.53 Å². The van der Waals surface area contributed by atoms with E-state index in [2.05, 4.69) is 0 Å². The molecule has 0 spiro atoms. The summed E-state index contributed by atoms with van der Waals surface area (Å²) in [6.07, 6.45) is -5.18. The molecule has 0 aromatic heterocycles. The van der Waals surface area contributed by atoms with E-state index in [0.29, 0.717) is 5.56 Å². The monoisotopic (exact) mass is 266 g/mol. The molecule has 102 valence electrons. The highest BCUT2D eigenvalue weighted by Gasteiger charge is 2.45. The van der Waals surface area contributed by atoms with Crippen molar-refractivity contribution in [1.29, 1.82) is 0 Å². The molecule has 6 nitrogen and oxygen atoms in total. The summed E-state index contributed by atoms with van der Waals surface area (Å²) in [5, 5.41) is 38.2. The number of aliphatic hydroxyl groups excluding tert-OH is 4. The third kappa shape index (κ3) is 2.76. The number of carbonyl (C=O) groups is 1. The van der Waals surface area contributed by atoms with Crippen LogP contribution in [0.25, 0.3) is 6.08 Å². The van der Waals surface area contributed by atoms with Crippen LogP contribution in [0.2, 0.25) is 0 Å². The Bertz CT molecular complexity index is 483. The highest BCUT2D eigenvalue weighted by atomic mass is 16.6. The number of rotatable bonds is 2. The van der Waals surface area contributed by atoms with Crippen molar-refractivity contribution in [3.63, 3.8) is 0 Å². The van der Waals surface area contributed by atoms with Gasteiger partial charge in [0.1, 0.15) is 18.0 Å². The third-order valence-corrected chi connectivity index (χ3v) is 2.87. The molecule has 1 aliphatic heterocycles. The van der Waals surface area contributed by atoms with Gasteiger partial charge < -0.3 is 25.2 Å². The molecule has 1 fully saturated rings. The molecule has 0 unspecified atom stereocenters. The zero-order valence-electron chi connectivity index (χ0n) is 9.88. The lowest BCUT2D eigenvalue weighted by atomic mass is 9.97. The van der Waals surface area contributed by atoms with Crippen molar-refractivity contribution in [2.75, 3.05) is 0 Å². The number of cyclic esters (lactones) is 1. The Hall–Kier alpha value is -1.89. The fourth-order valence-corrected chi connectivity index (χ4v) is 1.81. The smallest absolute Gasteiger partial charge is 0.338 e. The van der Waals surface area contributed by atoms with E-state index in [1.165, 1.54) is 6.08 Å². The Morgan fingerprint density at radius 3 is 2.37 bits per heavy atom. The molecular weight excluding hydrogens is 252 g/mol. The van der Waals surface area contributed by atoms with Crippen LogP contribution in [0.5, 0.6) is 0 Å². The van der Waals surface area contributed by atoms with Gasteiger partial charge in [-0.15, -0.1) is 0 Å². The van der Waals surface area contributed by atoms with Crippen LogP contribution < -0.4 is 0 Å². The lowest BCUT2D eigenvalue weighted by Crippen LogP contribution is -2.56. The Balaban J connectivity index is 2.21. The highest BCUT2D eigenvalue weighted by Crippen LogP contribution is 2.22. The second kappa shape index (κ2) is 5.40. The normalized spacial score (nSPS) is 31.9. The number of aliphatic hydroxyl groups is 4. The van der Waals surface area contributed by atoms with Gasteiger partial charge in [0.25, 0.3) is 0 Å². The van der Waals surface area contributed by atoms with E-state index in [1.54, 1.807) is 30.3 Å². The summed E-state index contributed by atoms with van der Waals surface area (Å²) < 4.78 is 4.70. The van der Waals surface area contributed by atoms with E-state index in [0.717, 1.165) is 0 Å².